The van der Waals surface area contributed by atoms with Crippen LogP contribution in [0.1, 0.15) is 11.1 Å². The van der Waals surface area contributed by atoms with Crippen molar-refractivity contribution in [1.29, 1.82) is 0 Å². The molecule has 0 bridgehead atoms. The molecular weight excluding hydrogens is 285 g/mol. The molecule has 0 spiro atoms. The lowest BCUT2D eigenvalue weighted by Gasteiger charge is -2.07. The summed E-state index contributed by atoms with van der Waals surface area (Å²) in [6.45, 7) is 0. The third kappa shape index (κ3) is 2.36. The first-order chi connectivity index (χ1) is 8.24. The number of halogens is 2. The monoisotopic (exact) mass is 293 g/mol. The van der Waals surface area contributed by atoms with Crippen molar-refractivity contribution in [1.82, 2.24) is 0 Å². The van der Waals surface area contributed by atoms with Crippen molar-refractivity contribution < 1.29 is 9.60 Å². The van der Waals surface area contributed by atoms with E-state index in [0.717, 1.165) is 0 Å². The van der Waals surface area contributed by atoms with Gasteiger partial charge in [-0.2, -0.15) is 0 Å². The van der Waals surface area contributed by atoms with Crippen molar-refractivity contribution in [2.75, 3.05) is 0 Å². The Balaban J connectivity index is 2.55. The Hall–Kier alpha value is -1.68. The summed E-state index contributed by atoms with van der Waals surface area (Å²) in [6.07, 6.45) is 0. The average Bonchev–Trinajstić information content (AvgIpc) is 2.37. The van der Waals surface area contributed by atoms with Gasteiger partial charge in [-0.25, -0.2) is 4.39 Å². The minimum atomic E-state index is -0.441. The first-order valence-electron chi connectivity index (χ1n) is 4.96. The van der Waals surface area contributed by atoms with Crippen molar-refractivity contribution in [3.8, 4) is 0 Å². The molecule has 2 rings (SSSR count). The molecule has 0 heterocycles. The molecular formula is C13H9BrFNO. The molecule has 1 N–H and O–H groups in total. The third-order valence-corrected chi connectivity index (χ3v) is 2.97. The van der Waals surface area contributed by atoms with E-state index in [-0.39, 0.29) is 11.3 Å². The van der Waals surface area contributed by atoms with Gasteiger partial charge >= 0.3 is 0 Å². The fourth-order valence-corrected chi connectivity index (χ4v) is 1.92. The van der Waals surface area contributed by atoms with E-state index < -0.39 is 5.82 Å². The summed E-state index contributed by atoms with van der Waals surface area (Å²) in [4.78, 5) is 0. The van der Waals surface area contributed by atoms with E-state index in [1.54, 1.807) is 42.5 Å². The molecule has 0 aliphatic rings. The Labute approximate surface area is 107 Å². The highest BCUT2D eigenvalue weighted by Gasteiger charge is 2.14. The fourth-order valence-electron chi connectivity index (χ4n) is 1.55. The standard InChI is InChI=1S/C13H9BrFNO/c14-11-8-4-7-10(12(11)15)13(16-17)9-5-2-1-3-6-9/h1-8,17H/b16-13-. The molecule has 0 aliphatic carbocycles. The van der Waals surface area contributed by atoms with Crippen LogP contribution < -0.4 is 0 Å². The van der Waals surface area contributed by atoms with E-state index in [9.17, 15) is 4.39 Å². The maximum Gasteiger partial charge on any atom is 0.146 e. The summed E-state index contributed by atoms with van der Waals surface area (Å²) >= 11 is 3.10. The van der Waals surface area contributed by atoms with Gasteiger partial charge in [0.25, 0.3) is 0 Å². The van der Waals surface area contributed by atoms with E-state index in [4.69, 9.17) is 5.21 Å². The highest BCUT2D eigenvalue weighted by Crippen LogP contribution is 2.21. The van der Waals surface area contributed by atoms with Gasteiger partial charge in [0.2, 0.25) is 0 Å². The topological polar surface area (TPSA) is 32.6 Å². The van der Waals surface area contributed by atoms with Gasteiger partial charge in [-0.1, -0.05) is 41.6 Å². The lowest BCUT2D eigenvalue weighted by atomic mass is 10.0. The Morgan fingerprint density at radius 3 is 2.41 bits per heavy atom. The van der Waals surface area contributed by atoms with Crippen LogP contribution in [0.15, 0.2) is 58.2 Å². The van der Waals surface area contributed by atoms with E-state index in [0.29, 0.717) is 10.0 Å². The normalized spacial score (nSPS) is 11.5. The van der Waals surface area contributed by atoms with E-state index in [2.05, 4.69) is 21.1 Å². The van der Waals surface area contributed by atoms with Crippen LogP contribution in [0.2, 0.25) is 0 Å². The van der Waals surface area contributed by atoms with Gasteiger partial charge in [0, 0.05) is 11.1 Å². The molecule has 0 aliphatic heterocycles. The van der Waals surface area contributed by atoms with E-state index >= 15 is 0 Å². The predicted molar refractivity (Wildman–Crippen MR) is 68.0 cm³/mol. The van der Waals surface area contributed by atoms with Gasteiger partial charge in [-0.3, -0.25) is 0 Å². The molecule has 17 heavy (non-hydrogen) atoms. The highest BCUT2D eigenvalue weighted by molar-refractivity contribution is 9.10. The number of hydrogen-bond donors (Lipinski definition) is 1. The molecule has 0 saturated heterocycles. The van der Waals surface area contributed by atoms with Crippen LogP contribution in [0.5, 0.6) is 0 Å². The molecule has 0 saturated carbocycles. The van der Waals surface area contributed by atoms with Crippen molar-refractivity contribution in [2.24, 2.45) is 5.16 Å². The molecule has 86 valence electrons. The van der Waals surface area contributed by atoms with Crippen LogP contribution in [-0.2, 0) is 0 Å². The minimum absolute atomic E-state index is 0.212. The molecule has 0 unspecified atom stereocenters. The summed E-state index contributed by atoms with van der Waals surface area (Å²) < 4.78 is 14.2. The Morgan fingerprint density at radius 1 is 1.06 bits per heavy atom. The van der Waals surface area contributed by atoms with Crippen molar-refractivity contribution >= 4 is 21.6 Å². The first-order valence-corrected chi connectivity index (χ1v) is 5.75. The number of oxime groups is 1. The number of benzene rings is 2. The summed E-state index contributed by atoms with van der Waals surface area (Å²) in [6, 6.07) is 13.8. The zero-order valence-corrected chi connectivity index (χ0v) is 10.4. The Morgan fingerprint density at radius 2 is 1.76 bits per heavy atom. The van der Waals surface area contributed by atoms with Crippen LogP contribution in [0.4, 0.5) is 4.39 Å². The Bertz CT molecular complexity index is 555. The molecule has 0 amide bonds. The summed E-state index contributed by atoms with van der Waals surface area (Å²) in [7, 11) is 0. The van der Waals surface area contributed by atoms with Gasteiger partial charge in [-0.05, 0) is 28.1 Å². The van der Waals surface area contributed by atoms with Crippen LogP contribution in [0.25, 0.3) is 0 Å². The quantitative estimate of drug-likeness (QED) is 0.510. The second-order valence-corrected chi connectivity index (χ2v) is 4.27. The van der Waals surface area contributed by atoms with Gasteiger partial charge in [0.1, 0.15) is 11.5 Å². The van der Waals surface area contributed by atoms with E-state index in [1.807, 2.05) is 6.07 Å². The second-order valence-electron chi connectivity index (χ2n) is 3.42. The van der Waals surface area contributed by atoms with Crippen molar-refractivity contribution in [2.45, 2.75) is 0 Å². The van der Waals surface area contributed by atoms with Crippen LogP contribution in [-0.4, -0.2) is 10.9 Å². The van der Waals surface area contributed by atoms with Gasteiger partial charge in [0.15, 0.2) is 0 Å². The zero-order valence-electron chi connectivity index (χ0n) is 8.77. The third-order valence-electron chi connectivity index (χ3n) is 2.35. The SMILES string of the molecule is O/N=C(/c1ccccc1)c1cccc(Br)c1F. The number of nitrogens with zero attached hydrogens (tertiary/aromatic N) is 1. The van der Waals surface area contributed by atoms with Crippen molar-refractivity contribution in [3.63, 3.8) is 0 Å². The molecule has 0 atom stereocenters. The molecule has 4 heteroatoms. The maximum atomic E-state index is 13.9. The molecule has 0 aromatic heterocycles. The van der Waals surface area contributed by atoms with Gasteiger partial charge in [-0.15, -0.1) is 0 Å². The molecule has 2 nitrogen and oxygen atoms in total. The lowest BCUT2D eigenvalue weighted by molar-refractivity contribution is 0.319. The molecule has 2 aromatic rings. The summed E-state index contributed by atoms with van der Waals surface area (Å²) in [5, 5.41) is 12.2. The summed E-state index contributed by atoms with van der Waals surface area (Å²) in [5.41, 5.74) is 1.13. The number of hydrogen-bond acceptors (Lipinski definition) is 2. The molecule has 2 aromatic carbocycles. The lowest BCUT2D eigenvalue weighted by Crippen LogP contribution is -2.06. The van der Waals surface area contributed by atoms with E-state index in [1.165, 1.54) is 0 Å². The predicted octanol–water partition coefficient (Wildman–Crippen LogP) is 3.81. The maximum absolute atomic E-state index is 13.9. The second kappa shape index (κ2) is 5.10. The first kappa shape index (κ1) is 11.8. The largest absolute Gasteiger partial charge is 0.410 e. The van der Waals surface area contributed by atoms with Crippen LogP contribution in [0, 0.1) is 5.82 Å². The molecule has 0 fully saturated rings. The van der Waals surface area contributed by atoms with Gasteiger partial charge < -0.3 is 5.21 Å². The van der Waals surface area contributed by atoms with Crippen LogP contribution >= 0.6 is 15.9 Å². The average molecular weight is 294 g/mol. The van der Waals surface area contributed by atoms with Crippen LogP contribution in [0.3, 0.4) is 0 Å². The Kier molecular flexibility index (Phi) is 3.54. The van der Waals surface area contributed by atoms with Crippen molar-refractivity contribution in [3.05, 3.63) is 69.9 Å². The number of rotatable bonds is 2. The minimum Gasteiger partial charge on any atom is -0.410 e. The molecule has 0 radical (unpaired) electrons. The highest BCUT2D eigenvalue weighted by atomic mass is 79.9. The fraction of sp³-hybridized carbons (Fsp3) is 0. The summed E-state index contributed by atoms with van der Waals surface area (Å²) in [5.74, 6) is -0.441. The van der Waals surface area contributed by atoms with Gasteiger partial charge in [0.05, 0.1) is 4.47 Å². The zero-order chi connectivity index (χ0) is 12.3. The smallest absolute Gasteiger partial charge is 0.146 e.